The van der Waals surface area contributed by atoms with Gasteiger partial charge in [0.1, 0.15) is 18.7 Å². The lowest BCUT2D eigenvalue weighted by molar-refractivity contribution is -0.140. The van der Waals surface area contributed by atoms with Crippen LogP contribution in [0.1, 0.15) is 103 Å². The van der Waals surface area contributed by atoms with Crippen LogP contribution in [0.15, 0.2) is 102 Å². The number of amides is 6. The summed E-state index contributed by atoms with van der Waals surface area (Å²) in [7, 11) is -0.256. The summed E-state index contributed by atoms with van der Waals surface area (Å²) in [4.78, 5) is 102. The molecule has 8 rings (SSSR count). The standard InChI is InChI=1S/C62H72N8O15S/c1-38(2)57(67-86(78,79)66-55(71)21-13-14-22-56(72)82-7)59(74)64-39(3)58(73)65-43-25-23-40(24-26-43)37-85-62(77)69-36-44-31-42-18-10-12-20-49(42)70(44)61(76)46-33-52(81-6)54(35-50(46)69)84-30-16-8-15-29-83-53-34-47(63-4)45(32-51(53)80-5)60(75)68-28-27-41-17-9-11-19-48(41)68/h9-12,17-20,23-26,32-35,38-39,44,57,67H,4,8,13-16,21-22,27-31,36-37H2,1-3,5-7H3,(H,64,74)(H,65,73)(H,66,71)/t39-,44-,57?/m0/s1. The summed E-state index contributed by atoms with van der Waals surface area (Å²) in [6, 6.07) is 25.5. The van der Waals surface area contributed by atoms with E-state index in [4.69, 9.17) is 23.7 Å². The molecule has 5 aromatic rings. The highest BCUT2D eigenvalue weighted by Crippen LogP contribution is 2.43. The van der Waals surface area contributed by atoms with Crippen molar-refractivity contribution in [1.29, 1.82) is 0 Å². The molecule has 0 fully saturated rings. The molecular weight excluding hydrogens is 1130 g/mol. The van der Waals surface area contributed by atoms with E-state index in [1.54, 1.807) is 72.2 Å². The van der Waals surface area contributed by atoms with Gasteiger partial charge in [0.15, 0.2) is 23.0 Å². The van der Waals surface area contributed by atoms with Gasteiger partial charge in [-0.25, -0.2) is 9.52 Å². The molecule has 3 aliphatic rings. The number of esters is 1. The first-order chi connectivity index (χ1) is 41.3. The summed E-state index contributed by atoms with van der Waals surface area (Å²) < 4.78 is 64.1. The fourth-order valence-corrected chi connectivity index (χ4v) is 11.5. The number of methoxy groups -OCH3 is 3. The number of carbonyl (C=O) groups excluding carboxylic acids is 7. The van der Waals surface area contributed by atoms with Gasteiger partial charge in [0.25, 0.3) is 11.8 Å². The molecular formula is C62H72N8O15S. The van der Waals surface area contributed by atoms with Gasteiger partial charge in [-0.2, -0.15) is 13.1 Å². The molecule has 456 valence electrons. The van der Waals surface area contributed by atoms with Gasteiger partial charge in [-0.1, -0.05) is 62.4 Å². The molecule has 0 saturated heterocycles. The number of nitrogens with one attached hydrogen (secondary N) is 4. The van der Waals surface area contributed by atoms with Crippen molar-refractivity contribution in [3.05, 3.63) is 125 Å². The van der Waals surface area contributed by atoms with Gasteiger partial charge in [0, 0.05) is 48.6 Å². The number of hydrogen-bond donors (Lipinski definition) is 4. The molecule has 3 atom stereocenters. The van der Waals surface area contributed by atoms with E-state index in [1.165, 1.54) is 33.2 Å². The Kier molecular flexibility index (Phi) is 21.0. The van der Waals surface area contributed by atoms with E-state index in [1.807, 2.05) is 53.3 Å². The Balaban J connectivity index is 0.860. The Morgan fingerprint density at radius 1 is 0.721 bits per heavy atom. The van der Waals surface area contributed by atoms with E-state index in [9.17, 15) is 42.0 Å². The molecule has 0 bridgehead atoms. The third-order valence-corrected chi connectivity index (χ3v) is 16.0. The first-order valence-electron chi connectivity index (χ1n) is 28.3. The molecule has 6 amide bonds. The van der Waals surface area contributed by atoms with E-state index in [-0.39, 0.29) is 62.1 Å². The topological polar surface area (TPSA) is 279 Å². The van der Waals surface area contributed by atoms with E-state index < -0.39 is 64.0 Å². The number of para-hydroxylation sites is 2. The third-order valence-electron chi connectivity index (χ3n) is 14.9. The number of unbranched alkanes of at least 4 members (excludes halogenated alkanes) is 3. The largest absolute Gasteiger partial charge is 0.493 e. The van der Waals surface area contributed by atoms with Crippen molar-refractivity contribution < 1.29 is 70.4 Å². The maximum Gasteiger partial charge on any atom is 0.414 e. The van der Waals surface area contributed by atoms with E-state index in [2.05, 4.69) is 31.8 Å². The Morgan fingerprint density at radius 3 is 2.05 bits per heavy atom. The Morgan fingerprint density at radius 2 is 1.37 bits per heavy atom. The van der Waals surface area contributed by atoms with Crippen LogP contribution in [0.3, 0.4) is 0 Å². The number of aliphatic imine (C=N–C) groups is 1. The number of benzene rings is 5. The van der Waals surface area contributed by atoms with Crippen molar-refractivity contribution in [2.24, 2.45) is 10.9 Å². The maximum absolute atomic E-state index is 14.6. The Labute approximate surface area is 499 Å². The van der Waals surface area contributed by atoms with Gasteiger partial charge in [0.2, 0.25) is 17.7 Å². The summed E-state index contributed by atoms with van der Waals surface area (Å²) in [6.45, 7) is 9.37. The second-order valence-electron chi connectivity index (χ2n) is 21.2. The summed E-state index contributed by atoms with van der Waals surface area (Å²) in [6.07, 6.45) is 2.92. The number of anilines is 4. The second-order valence-corrected chi connectivity index (χ2v) is 22.6. The van der Waals surface area contributed by atoms with Crippen molar-refractivity contribution in [3.63, 3.8) is 0 Å². The second kappa shape index (κ2) is 28.7. The van der Waals surface area contributed by atoms with Crippen molar-refractivity contribution in [2.75, 3.05) is 67.6 Å². The third kappa shape index (κ3) is 15.3. The summed E-state index contributed by atoms with van der Waals surface area (Å²) in [5.41, 5.74) is 5.82. The van der Waals surface area contributed by atoms with Crippen molar-refractivity contribution in [3.8, 4) is 23.0 Å². The molecule has 23 nitrogen and oxygen atoms in total. The van der Waals surface area contributed by atoms with Gasteiger partial charge in [-0.3, -0.25) is 38.7 Å². The molecule has 1 unspecified atom stereocenters. The molecule has 0 radical (unpaired) electrons. The average Bonchev–Trinajstić information content (AvgIpc) is 1.77. The van der Waals surface area contributed by atoms with Crippen LogP contribution in [0.5, 0.6) is 23.0 Å². The first-order valence-corrected chi connectivity index (χ1v) is 29.8. The minimum atomic E-state index is -4.49. The van der Waals surface area contributed by atoms with Crippen LogP contribution < -0.4 is 53.7 Å². The molecule has 0 spiro atoms. The summed E-state index contributed by atoms with van der Waals surface area (Å²) in [5.74, 6) is -2.38. The van der Waals surface area contributed by atoms with Gasteiger partial charge in [0.05, 0.1) is 69.6 Å². The Bertz CT molecular complexity index is 3470. The molecule has 0 aromatic heterocycles. The highest BCUT2D eigenvalue weighted by Gasteiger charge is 2.42. The van der Waals surface area contributed by atoms with Crippen LogP contribution in [-0.4, -0.2) is 122 Å². The van der Waals surface area contributed by atoms with Crippen LogP contribution in [0.2, 0.25) is 0 Å². The summed E-state index contributed by atoms with van der Waals surface area (Å²) in [5, 5.41) is 5.23. The summed E-state index contributed by atoms with van der Waals surface area (Å²) >= 11 is 0. The molecule has 3 aliphatic heterocycles. The molecule has 0 saturated carbocycles. The zero-order valence-corrected chi connectivity index (χ0v) is 49.8. The normalized spacial score (nSPS) is 14.8. The number of carbonyl (C=O) groups is 7. The average molecular weight is 1200 g/mol. The lowest BCUT2D eigenvalue weighted by atomic mass is 10.0. The fraction of sp³-hybridized carbons (Fsp3) is 0.387. The van der Waals surface area contributed by atoms with E-state index in [0.717, 1.165) is 28.9 Å². The first kappa shape index (κ1) is 63.0. The number of hydrogen-bond acceptors (Lipinski definition) is 16. The van der Waals surface area contributed by atoms with Crippen molar-refractivity contribution in [2.45, 2.75) is 103 Å². The molecule has 24 heteroatoms. The predicted molar refractivity (Wildman–Crippen MR) is 322 cm³/mol. The number of rotatable bonds is 27. The highest BCUT2D eigenvalue weighted by molar-refractivity contribution is 7.88. The lowest BCUT2D eigenvalue weighted by Gasteiger charge is -2.26. The lowest BCUT2D eigenvalue weighted by Crippen LogP contribution is -2.56. The predicted octanol–water partition coefficient (Wildman–Crippen LogP) is 7.75. The van der Waals surface area contributed by atoms with Crippen molar-refractivity contribution >= 4 is 87.0 Å². The minimum absolute atomic E-state index is 0.0742. The van der Waals surface area contributed by atoms with Gasteiger partial charge in [-0.05, 0) is 118 Å². The minimum Gasteiger partial charge on any atom is -0.493 e. The molecule has 4 N–H and O–H groups in total. The molecule has 5 aromatic carbocycles. The number of nitrogens with zero attached hydrogens (tertiary/aromatic N) is 4. The fourth-order valence-electron chi connectivity index (χ4n) is 10.3. The zero-order chi connectivity index (χ0) is 61.7. The van der Waals surface area contributed by atoms with E-state index >= 15 is 0 Å². The van der Waals surface area contributed by atoms with Gasteiger partial charge >= 0.3 is 22.3 Å². The highest BCUT2D eigenvalue weighted by atomic mass is 32.2. The Hall–Kier alpha value is -9.03. The molecule has 3 heterocycles. The quantitative estimate of drug-likeness (QED) is 0.0222. The van der Waals surface area contributed by atoms with Crippen LogP contribution in [-0.2, 0) is 58.3 Å². The van der Waals surface area contributed by atoms with Gasteiger partial charge < -0.3 is 48.9 Å². The zero-order valence-electron chi connectivity index (χ0n) is 49.0. The van der Waals surface area contributed by atoms with E-state index in [0.29, 0.717) is 90.8 Å². The maximum atomic E-state index is 14.6. The van der Waals surface area contributed by atoms with Crippen LogP contribution >= 0.6 is 0 Å². The number of fused-ring (bicyclic) bond motifs is 5. The van der Waals surface area contributed by atoms with Crippen LogP contribution in [0, 0.1) is 5.92 Å². The molecule has 86 heavy (non-hydrogen) atoms. The van der Waals surface area contributed by atoms with Crippen LogP contribution in [0.4, 0.5) is 33.2 Å². The smallest absolute Gasteiger partial charge is 0.414 e. The monoisotopic (exact) mass is 1200 g/mol. The van der Waals surface area contributed by atoms with Gasteiger partial charge in [-0.15, -0.1) is 0 Å². The number of ether oxygens (including phenoxy) is 6. The molecule has 0 aliphatic carbocycles. The van der Waals surface area contributed by atoms with Crippen molar-refractivity contribution in [1.82, 2.24) is 14.8 Å². The van der Waals surface area contributed by atoms with Crippen LogP contribution in [0.25, 0.3) is 0 Å². The SMILES string of the molecule is C=Nc1cc(OCCCCCOc2cc3c(cc2OC)C(=O)N2c4ccccc4C[C@H]2CN3C(=O)OCc2ccc(NC(=O)[C@H](C)NC(=O)C(NS(=O)(=O)NC(=O)CCCCC(=O)OC)C(C)C)cc2)c(OC)cc1C(=O)N1CCc2ccccc21.